The zero-order valence-corrected chi connectivity index (χ0v) is 11.8. The molecule has 110 valence electrons. The molecule has 1 aliphatic heterocycles. The number of hydrogen-bond acceptors (Lipinski definition) is 5. The van der Waals surface area contributed by atoms with Crippen LogP contribution in [-0.2, 0) is 4.79 Å². The quantitative estimate of drug-likeness (QED) is 0.875. The van der Waals surface area contributed by atoms with Gasteiger partial charge in [-0.2, -0.15) is 10.2 Å². The summed E-state index contributed by atoms with van der Waals surface area (Å²) in [6.07, 6.45) is 3.76. The van der Waals surface area contributed by atoms with Crippen molar-refractivity contribution in [2.45, 2.75) is 18.9 Å². The van der Waals surface area contributed by atoms with Gasteiger partial charge in [0.05, 0.1) is 23.9 Å². The first-order valence-corrected chi connectivity index (χ1v) is 7.20. The fraction of sp³-hybridized carbons (Fsp3) is 0.400. The van der Waals surface area contributed by atoms with Crippen LogP contribution in [0.1, 0.15) is 12.8 Å². The van der Waals surface area contributed by atoms with Crippen molar-refractivity contribution in [3.05, 3.63) is 30.5 Å². The van der Waals surface area contributed by atoms with Gasteiger partial charge in [0.1, 0.15) is 0 Å². The van der Waals surface area contributed by atoms with Gasteiger partial charge in [0, 0.05) is 24.5 Å². The van der Waals surface area contributed by atoms with Crippen LogP contribution in [0.2, 0.25) is 0 Å². The van der Waals surface area contributed by atoms with E-state index in [1.165, 1.54) is 0 Å². The summed E-state index contributed by atoms with van der Waals surface area (Å²) in [4.78, 5) is 13.0. The smallest absolute Gasteiger partial charge is 0.231 e. The van der Waals surface area contributed by atoms with E-state index >= 15 is 0 Å². The number of anilines is 1. The Morgan fingerprint density at radius 1 is 1.33 bits per heavy atom. The van der Waals surface area contributed by atoms with Gasteiger partial charge in [0.2, 0.25) is 5.91 Å². The zero-order chi connectivity index (χ0) is 14.7. The number of rotatable bonds is 4. The Bertz CT molecular complexity index is 632. The first kappa shape index (κ1) is 13.8. The number of carbonyl (C=O) groups excluding carboxylic acids is 1. The third kappa shape index (κ3) is 3.28. The molecule has 1 saturated heterocycles. The fourth-order valence-corrected chi connectivity index (χ4v) is 2.80. The molecular weight excluding hydrogens is 266 g/mol. The largest absolute Gasteiger partial charge is 0.380 e. The van der Waals surface area contributed by atoms with Crippen LogP contribution in [0.15, 0.2) is 30.5 Å². The number of hydrogen-bond donors (Lipinski definition) is 2. The molecule has 1 aromatic heterocycles. The lowest BCUT2D eigenvalue weighted by atomic mass is 10.0. The van der Waals surface area contributed by atoms with E-state index in [2.05, 4.69) is 26.5 Å². The maximum Gasteiger partial charge on any atom is 0.231 e. The van der Waals surface area contributed by atoms with E-state index < -0.39 is 0 Å². The van der Waals surface area contributed by atoms with E-state index in [0.717, 1.165) is 42.5 Å². The second-order valence-corrected chi connectivity index (χ2v) is 5.44. The van der Waals surface area contributed by atoms with E-state index in [1.54, 1.807) is 6.20 Å². The van der Waals surface area contributed by atoms with Gasteiger partial charge in [-0.25, -0.2) is 0 Å². The van der Waals surface area contributed by atoms with Crippen molar-refractivity contribution >= 4 is 22.5 Å². The lowest BCUT2D eigenvalue weighted by molar-refractivity contribution is -0.119. The average Bonchev–Trinajstić information content (AvgIpc) is 2.49. The van der Waals surface area contributed by atoms with Crippen LogP contribution in [0.25, 0.3) is 10.9 Å². The normalized spacial score (nSPS) is 17.0. The third-order valence-electron chi connectivity index (χ3n) is 3.87. The molecule has 0 saturated carbocycles. The first-order valence-electron chi connectivity index (χ1n) is 7.20. The topological polar surface area (TPSA) is 84.1 Å². The summed E-state index contributed by atoms with van der Waals surface area (Å²) in [5.74, 6) is -0.259. The highest BCUT2D eigenvalue weighted by atomic mass is 16.1. The maximum atomic E-state index is 10.9. The molecule has 2 heterocycles. The number of fused-ring (bicyclic) bond motifs is 1. The Morgan fingerprint density at radius 2 is 2.10 bits per heavy atom. The van der Waals surface area contributed by atoms with Crippen LogP contribution in [0, 0.1) is 0 Å². The summed E-state index contributed by atoms with van der Waals surface area (Å²) < 4.78 is 0. The van der Waals surface area contributed by atoms with Gasteiger partial charge in [-0.05, 0) is 18.9 Å². The summed E-state index contributed by atoms with van der Waals surface area (Å²) in [6, 6.07) is 8.37. The molecule has 21 heavy (non-hydrogen) atoms. The summed E-state index contributed by atoms with van der Waals surface area (Å²) in [6.45, 7) is 2.13. The number of primary amides is 1. The fourth-order valence-electron chi connectivity index (χ4n) is 2.80. The molecule has 3 rings (SSSR count). The van der Waals surface area contributed by atoms with Crippen LogP contribution < -0.4 is 11.1 Å². The number of aromatic nitrogens is 2. The SMILES string of the molecule is NC(=O)CN1CCC(Nc2cnnc3ccccc23)CC1. The molecule has 2 aromatic rings. The number of nitrogens with zero attached hydrogens (tertiary/aromatic N) is 3. The van der Waals surface area contributed by atoms with Crippen LogP contribution >= 0.6 is 0 Å². The highest BCUT2D eigenvalue weighted by molar-refractivity contribution is 5.90. The number of amides is 1. The Labute approximate surface area is 123 Å². The lowest BCUT2D eigenvalue weighted by Gasteiger charge is -2.32. The molecule has 0 aliphatic carbocycles. The molecule has 0 atom stereocenters. The van der Waals surface area contributed by atoms with Gasteiger partial charge in [-0.1, -0.05) is 18.2 Å². The predicted octanol–water partition coefficient (Wildman–Crippen LogP) is 0.991. The Morgan fingerprint density at radius 3 is 2.86 bits per heavy atom. The van der Waals surface area contributed by atoms with Gasteiger partial charge in [-0.15, -0.1) is 0 Å². The minimum Gasteiger partial charge on any atom is -0.380 e. The second kappa shape index (κ2) is 6.05. The summed E-state index contributed by atoms with van der Waals surface area (Å²) >= 11 is 0. The molecular formula is C15H19N5O. The van der Waals surface area contributed by atoms with Gasteiger partial charge in [-0.3, -0.25) is 9.69 Å². The van der Waals surface area contributed by atoms with Crippen LogP contribution in [-0.4, -0.2) is 46.7 Å². The second-order valence-electron chi connectivity index (χ2n) is 5.44. The highest BCUT2D eigenvalue weighted by Gasteiger charge is 2.20. The molecule has 0 bridgehead atoms. The molecule has 1 aromatic carbocycles. The van der Waals surface area contributed by atoms with E-state index in [1.807, 2.05) is 18.2 Å². The molecule has 0 spiro atoms. The summed E-state index contributed by atoms with van der Waals surface area (Å²) in [7, 11) is 0. The third-order valence-corrected chi connectivity index (χ3v) is 3.87. The predicted molar refractivity (Wildman–Crippen MR) is 81.8 cm³/mol. The summed E-state index contributed by atoms with van der Waals surface area (Å²) in [5, 5.41) is 12.8. The standard InChI is InChI=1S/C15H19N5O/c16-15(21)10-20-7-5-11(6-8-20)18-14-9-17-19-13-4-2-1-3-12(13)14/h1-4,9,11H,5-8,10H2,(H2,16,21)(H,18,19). The van der Waals surface area contributed by atoms with Crippen molar-refractivity contribution in [1.82, 2.24) is 15.1 Å². The Balaban J connectivity index is 1.66. The Kier molecular flexibility index (Phi) is 3.96. The number of nitrogens with one attached hydrogen (secondary N) is 1. The van der Waals surface area contributed by atoms with E-state index in [4.69, 9.17) is 5.73 Å². The van der Waals surface area contributed by atoms with Crippen LogP contribution in [0.5, 0.6) is 0 Å². The average molecular weight is 285 g/mol. The molecule has 6 nitrogen and oxygen atoms in total. The Hall–Kier alpha value is -2.21. The van der Waals surface area contributed by atoms with Crippen molar-refractivity contribution in [3.8, 4) is 0 Å². The van der Waals surface area contributed by atoms with E-state index in [-0.39, 0.29) is 5.91 Å². The van der Waals surface area contributed by atoms with Crippen molar-refractivity contribution in [2.24, 2.45) is 5.73 Å². The zero-order valence-electron chi connectivity index (χ0n) is 11.8. The van der Waals surface area contributed by atoms with Crippen molar-refractivity contribution in [1.29, 1.82) is 0 Å². The van der Waals surface area contributed by atoms with Crippen LogP contribution in [0.4, 0.5) is 5.69 Å². The molecule has 6 heteroatoms. The molecule has 3 N–H and O–H groups in total. The van der Waals surface area contributed by atoms with E-state index in [0.29, 0.717) is 12.6 Å². The number of benzene rings is 1. The van der Waals surface area contributed by atoms with Gasteiger partial charge in [0.25, 0.3) is 0 Å². The van der Waals surface area contributed by atoms with E-state index in [9.17, 15) is 4.79 Å². The number of piperidine rings is 1. The van der Waals surface area contributed by atoms with Gasteiger partial charge in [0.15, 0.2) is 0 Å². The summed E-state index contributed by atoms with van der Waals surface area (Å²) in [5.41, 5.74) is 7.15. The molecule has 1 amide bonds. The maximum absolute atomic E-state index is 10.9. The minimum atomic E-state index is -0.259. The highest BCUT2D eigenvalue weighted by Crippen LogP contribution is 2.23. The lowest BCUT2D eigenvalue weighted by Crippen LogP contribution is -2.42. The van der Waals surface area contributed by atoms with Gasteiger partial charge < -0.3 is 11.1 Å². The molecule has 0 radical (unpaired) electrons. The first-order chi connectivity index (χ1) is 10.2. The van der Waals surface area contributed by atoms with Gasteiger partial charge >= 0.3 is 0 Å². The molecule has 1 fully saturated rings. The van der Waals surface area contributed by atoms with Crippen molar-refractivity contribution < 1.29 is 4.79 Å². The number of nitrogens with two attached hydrogens (primary N) is 1. The number of likely N-dealkylation sites (tertiary alicyclic amines) is 1. The molecule has 0 unspecified atom stereocenters. The van der Waals surface area contributed by atoms with Crippen molar-refractivity contribution in [3.63, 3.8) is 0 Å². The van der Waals surface area contributed by atoms with Crippen LogP contribution in [0.3, 0.4) is 0 Å². The number of carbonyl (C=O) groups is 1. The molecule has 1 aliphatic rings. The minimum absolute atomic E-state index is 0.259. The van der Waals surface area contributed by atoms with Crippen molar-refractivity contribution in [2.75, 3.05) is 25.0 Å². The monoisotopic (exact) mass is 285 g/mol.